The minimum atomic E-state index is -0.521. The standard InChI is InChI=1S/C9H14N4O2/c1-6-11-8(15-13-6)9(12-7(2)14)3-4-10-5-9/h10H,3-5H2,1-2H3,(H,12,14)/t9-/m0/s1. The molecular formula is C9H14N4O2. The highest BCUT2D eigenvalue weighted by atomic mass is 16.5. The first-order valence-electron chi connectivity index (χ1n) is 4.93. The summed E-state index contributed by atoms with van der Waals surface area (Å²) in [5, 5.41) is 9.82. The molecule has 0 spiro atoms. The van der Waals surface area contributed by atoms with Crippen molar-refractivity contribution in [3.63, 3.8) is 0 Å². The van der Waals surface area contributed by atoms with Crippen LogP contribution in [0.15, 0.2) is 4.52 Å². The zero-order valence-electron chi connectivity index (χ0n) is 8.83. The predicted octanol–water partition coefficient (Wildman–Crippen LogP) is -0.297. The smallest absolute Gasteiger partial charge is 0.253 e. The Bertz CT molecular complexity index is 368. The second-order valence-electron chi connectivity index (χ2n) is 3.84. The zero-order valence-corrected chi connectivity index (χ0v) is 8.83. The van der Waals surface area contributed by atoms with E-state index in [2.05, 4.69) is 20.8 Å². The van der Waals surface area contributed by atoms with E-state index in [1.54, 1.807) is 6.92 Å². The Morgan fingerprint density at radius 2 is 2.47 bits per heavy atom. The summed E-state index contributed by atoms with van der Waals surface area (Å²) in [5.74, 6) is 0.983. The van der Waals surface area contributed by atoms with Crippen molar-refractivity contribution in [2.45, 2.75) is 25.8 Å². The second kappa shape index (κ2) is 3.62. The number of rotatable bonds is 2. The molecule has 0 radical (unpaired) electrons. The van der Waals surface area contributed by atoms with Crippen LogP contribution in [0.25, 0.3) is 0 Å². The van der Waals surface area contributed by atoms with Crippen LogP contribution in [0.1, 0.15) is 25.1 Å². The van der Waals surface area contributed by atoms with Gasteiger partial charge in [0, 0.05) is 13.5 Å². The fraction of sp³-hybridized carbons (Fsp3) is 0.667. The zero-order chi connectivity index (χ0) is 10.9. The number of nitrogens with one attached hydrogen (secondary N) is 2. The van der Waals surface area contributed by atoms with Crippen molar-refractivity contribution < 1.29 is 9.32 Å². The van der Waals surface area contributed by atoms with Crippen LogP contribution in [0, 0.1) is 6.92 Å². The number of carbonyl (C=O) groups excluding carboxylic acids is 1. The van der Waals surface area contributed by atoms with E-state index in [1.165, 1.54) is 6.92 Å². The molecule has 0 bridgehead atoms. The topological polar surface area (TPSA) is 80.1 Å². The van der Waals surface area contributed by atoms with Crippen molar-refractivity contribution in [2.75, 3.05) is 13.1 Å². The Balaban J connectivity index is 2.29. The molecule has 0 aromatic carbocycles. The van der Waals surface area contributed by atoms with Crippen molar-refractivity contribution in [3.05, 3.63) is 11.7 Å². The molecule has 1 aliphatic rings. The van der Waals surface area contributed by atoms with Gasteiger partial charge in [-0.15, -0.1) is 0 Å². The highest BCUT2D eigenvalue weighted by molar-refractivity contribution is 5.74. The molecule has 2 rings (SSSR count). The molecular weight excluding hydrogens is 196 g/mol. The minimum Gasteiger partial charge on any atom is -0.341 e. The third-order valence-electron chi connectivity index (χ3n) is 2.51. The van der Waals surface area contributed by atoms with E-state index in [0.29, 0.717) is 18.3 Å². The van der Waals surface area contributed by atoms with Gasteiger partial charge in [-0.2, -0.15) is 4.98 Å². The monoisotopic (exact) mass is 210 g/mol. The van der Waals surface area contributed by atoms with Crippen molar-refractivity contribution in [3.8, 4) is 0 Å². The Labute approximate surface area is 87.4 Å². The Hall–Kier alpha value is -1.43. The summed E-state index contributed by atoms with van der Waals surface area (Å²) in [4.78, 5) is 15.3. The summed E-state index contributed by atoms with van der Waals surface area (Å²) in [5.41, 5.74) is -0.521. The lowest BCUT2D eigenvalue weighted by atomic mass is 9.98. The number of aromatic nitrogens is 2. The molecule has 1 aliphatic heterocycles. The first kappa shape index (κ1) is 10.1. The van der Waals surface area contributed by atoms with Crippen LogP contribution < -0.4 is 10.6 Å². The summed E-state index contributed by atoms with van der Waals surface area (Å²) >= 11 is 0. The first-order chi connectivity index (χ1) is 7.12. The third-order valence-corrected chi connectivity index (χ3v) is 2.51. The molecule has 82 valence electrons. The lowest BCUT2D eigenvalue weighted by Gasteiger charge is -2.24. The van der Waals surface area contributed by atoms with Gasteiger partial charge in [-0.25, -0.2) is 0 Å². The maximum absolute atomic E-state index is 11.2. The van der Waals surface area contributed by atoms with Crippen LogP contribution >= 0.6 is 0 Å². The van der Waals surface area contributed by atoms with Gasteiger partial charge in [0.25, 0.3) is 5.89 Å². The maximum Gasteiger partial charge on any atom is 0.253 e. The summed E-state index contributed by atoms with van der Waals surface area (Å²) in [6.07, 6.45) is 0.772. The number of nitrogens with zero attached hydrogens (tertiary/aromatic N) is 2. The highest BCUT2D eigenvalue weighted by Crippen LogP contribution is 2.26. The van der Waals surface area contributed by atoms with Gasteiger partial charge in [0.1, 0.15) is 5.54 Å². The minimum absolute atomic E-state index is 0.0884. The predicted molar refractivity (Wildman–Crippen MR) is 52.0 cm³/mol. The number of hydrogen-bond donors (Lipinski definition) is 2. The van der Waals surface area contributed by atoms with Gasteiger partial charge in [-0.3, -0.25) is 4.79 Å². The van der Waals surface area contributed by atoms with E-state index in [0.717, 1.165) is 13.0 Å². The largest absolute Gasteiger partial charge is 0.341 e. The van der Waals surface area contributed by atoms with Gasteiger partial charge in [0.2, 0.25) is 5.91 Å². The van der Waals surface area contributed by atoms with Gasteiger partial charge >= 0.3 is 0 Å². The van der Waals surface area contributed by atoms with Gasteiger partial charge in [0.15, 0.2) is 5.82 Å². The highest BCUT2D eigenvalue weighted by Gasteiger charge is 2.41. The maximum atomic E-state index is 11.2. The quantitative estimate of drug-likeness (QED) is 0.700. The van der Waals surface area contributed by atoms with Crippen molar-refractivity contribution in [1.82, 2.24) is 20.8 Å². The molecule has 2 N–H and O–H groups in total. The lowest BCUT2D eigenvalue weighted by molar-refractivity contribution is -0.121. The Kier molecular flexibility index (Phi) is 2.44. The molecule has 15 heavy (non-hydrogen) atoms. The van der Waals surface area contributed by atoms with Crippen LogP contribution in [0.3, 0.4) is 0 Å². The molecule has 6 heteroatoms. The molecule has 1 amide bonds. The number of aryl methyl sites for hydroxylation is 1. The summed E-state index contributed by atoms with van der Waals surface area (Å²) in [7, 11) is 0. The van der Waals surface area contributed by atoms with Crippen LogP contribution in [0.5, 0.6) is 0 Å². The average Bonchev–Trinajstić information content (AvgIpc) is 2.73. The molecule has 1 fully saturated rings. The van der Waals surface area contributed by atoms with Crippen LogP contribution in [0.4, 0.5) is 0 Å². The SMILES string of the molecule is CC(=O)N[C@@]1(c2nc(C)no2)CCNC1. The normalized spacial score (nSPS) is 25.5. The summed E-state index contributed by atoms with van der Waals surface area (Å²) in [6.45, 7) is 4.72. The van der Waals surface area contributed by atoms with Gasteiger partial charge in [-0.1, -0.05) is 5.16 Å². The van der Waals surface area contributed by atoms with Crippen molar-refractivity contribution in [1.29, 1.82) is 0 Å². The van der Waals surface area contributed by atoms with Crippen LogP contribution in [-0.4, -0.2) is 29.1 Å². The van der Waals surface area contributed by atoms with Crippen molar-refractivity contribution >= 4 is 5.91 Å². The molecule has 0 aliphatic carbocycles. The average molecular weight is 210 g/mol. The Morgan fingerprint density at radius 3 is 2.93 bits per heavy atom. The summed E-state index contributed by atoms with van der Waals surface area (Å²) in [6, 6.07) is 0. The number of hydrogen-bond acceptors (Lipinski definition) is 5. The molecule has 0 unspecified atom stereocenters. The van der Waals surface area contributed by atoms with E-state index in [9.17, 15) is 4.79 Å². The van der Waals surface area contributed by atoms with Gasteiger partial charge < -0.3 is 15.2 Å². The lowest BCUT2D eigenvalue weighted by Crippen LogP contribution is -2.46. The molecule has 0 saturated carbocycles. The fourth-order valence-corrected chi connectivity index (χ4v) is 1.86. The molecule has 1 aromatic heterocycles. The van der Waals surface area contributed by atoms with E-state index in [-0.39, 0.29) is 5.91 Å². The molecule has 1 aromatic rings. The summed E-state index contributed by atoms with van der Waals surface area (Å²) < 4.78 is 5.14. The molecule has 1 saturated heterocycles. The third kappa shape index (κ3) is 1.85. The van der Waals surface area contributed by atoms with Gasteiger partial charge in [0.05, 0.1) is 0 Å². The number of carbonyl (C=O) groups is 1. The van der Waals surface area contributed by atoms with Crippen LogP contribution in [-0.2, 0) is 10.3 Å². The van der Waals surface area contributed by atoms with E-state index in [1.807, 2.05) is 0 Å². The van der Waals surface area contributed by atoms with Crippen LogP contribution in [0.2, 0.25) is 0 Å². The van der Waals surface area contributed by atoms with E-state index < -0.39 is 5.54 Å². The molecule has 1 atom stereocenters. The number of amides is 1. The molecule has 6 nitrogen and oxygen atoms in total. The first-order valence-corrected chi connectivity index (χ1v) is 4.93. The molecule has 2 heterocycles. The van der Waals surface area contributed by atoms with Gasteiger partial charge in [-0.05, 0) is 19.9 Å². The van der Waals surface area contributed by atoms with E-state index in [4.69, 9.17) is 4.52 Å². The second-order valence-corrected chi connectivity index (χ2v) is 3.84. The van der Waals surface area contributed by atoms with Crippen molar-refractivity contribution in [2.24, 2.45) is 0 Å². The Morgan fingerprint density at radius 1 is 1.67 bits per heavy atom. The van der Waals surface area contributed by atoms with E-state index >= 15 is 0 Å². The fourth-order valence-electron chi connectivity index (χ4n) is 1.86.